The molecule has 0 aliphatic heterocycles. The smallest absolute Gasteiger partial charge is 0.161 e. The summed E-state index contributed by atoms with van der Waals surface area (Å²) in [6.45, 7) is 2.57. The fourth-order valence-electron chi connectivity index (χ4n) is 2.28. The quantitative estimate of drug-likeness (QED) is 0.715. The molecule has 0 amide bonds. The highest BCUT2D eigenvalue weighted by molar-refractivity contribution is 5.44. The summed E-state index contributed by atoms with van der Waals surface area (Å²) in [5, 5.41) is 22.6. The van der Waals surface area contributed by atoms with Crippen LogP contribution in [0.25, 0.3) is 0 Å². The minimum absolute atomic E-state index is 0.0607. The number of phenolic OH excluding ortho intramolecular Hbond substituents is 2. The standard InChI is InChI=1S/C17H21NO3/c1-12(10-13-6-3-4-9-16(13)21-2)18-11-14-7-5-8-15(19)17(14)20/h3-9,12,18-20H,10-11H2,1-2H3. The van der Waals surface area contributed by atoms with Crippen LogP contribution < -0.4 is 10.1 Å². The van der Waals surface area contributed by atoms with Crippen LogP contribution in [0.1, 0.15) is 18.1 Å². The number of rotatable bonds is 6. The molecule has 112 valence electrons. The topological polar surface area (TPSA) is 61.7 Å². The third-order valence-corrected chi connectivity index (χ3v) is 3.46. The average Bonchev–Trinajstić information content (AvgIpc) is 2.49. The molecule has 2 aromatic carbocycles. The Bertz CT molecular complexity index is 598. The minimum atomic E-state index is -0.0910. The maximum absolute atomic E-state index is 9.77. The van der Waals surface area contributed by atoms with Gasteiger partial charge >= 0.3 is 0 Å². The van der Waals surface area contributed by atoms with E-state index in [1.807, 2.05) is 24.3 Å². The first-order valence-electron chi connectivity index (χ1n) is 6.97. The predicted molar refractivity (Wildman–Crippen MR) is 82.8 cm³/mol. The summed E-state index contributed by atoms with van der Waals surface area (Å²) in [7, 11) is 1.67. The van der Waals surface area contributed by atoms with E-state index in [0.717, 1.165) is 17.7 Å². The second-order valence-corrected chi connectivity index (χ2v) is 5.08. The molecular formula is C17H21NO3. The van der Waals surface area contributed by atoms with Crippen LogP contribution in [0.5, 0.6) is 17.2 Å². The molecule has 0 aliphatic carbocycles. The molecule has 4 heteroatoms. The summed E-state index contributed by atoms with van der Waals surface area (Å²) in [5.74, 6) is 0.729. The Morgan fingerprint density at radius 3 is 2.52 bits per heavy atom. The highest BCUT2D eigenvalue weighted by atomic mass is 16.5. The minimum Gasteiger partial charge on any atom is -0.504 e. The normalized spacial score (nSPS) is 12.1. The lowest BCUT2D eigenvalue weighted by Gasteiger charge is -2.16. The van der Waals surface area contributed by atoms with Crippen LogP contribution in [0, 0.1) is 0 Å². The fourth-order valence-corrected chi connectivity index (χ4v) is 2.28. The number of hydrogen-bond acceptors (Lipinski definition) is 4. The van der Waals surface area contributed by atoms with Gasteiger partial charge < -0.3 is 20.3 Å². The summed E-state index contributed by atoms with van der Waals surface area (Å²) in [6.07, 6.45) is 0.823. The van der Waals surface area contributed by atoms with Gasteiger partial charge in [0.1, 0.15) is 5.75 Å². The lowest BCUT2D eigenvalue weighted by molar-refractivity contribution is 0.394. The number of nitrogens with one attached hydrogen (secondary N) is 1. The highest BCUT2D eigenvalue weighted by Gasteiger charge is 2.10. The number of benzene rings is 2. The number of phenols is 2. The number of ether oxygens (including phenoxy) is 1. The second-order valence-electron chi connectivity index (χ2n) is 5.08. The molecule has 0 heterocycles. The van der Waals surface area contributed by atoms with Crippen LogP contribution in [-0.2, 0) is 13.0 Å². The molecule has 0 spiro atoms. The maximum atomic E-state index is 9.77. The van der Waals surface area contributed by atoms with Gasteiger partial charge in [-0.3, -0.25) is 0 Å². The molecule has 0 bridgehead atoms. The Balaban J connectivity index is 1.96. The van der Waals surface area contributed by atoms with E-state index in [2.05, 4.69) is 12.2 Å². The van der Waals surface area contributed by atoms with E-state index in [-0.39, 0.29) is 17.5 Å². The summed E-state index contributed by atoms with van der Waals surface area (Å²) < 4.78 is 5.34. The average molecular weight is 287 g/mol. The van der Waals surface area contributed by atoms with Gasteiger partial charge in [-0.15, -0.1) is 0 Å². The Hall–Kier alpha value is -2.20. The van der Waals surface area contributed by atoms with Gasteiger partial charge in [0, 0.05) is 18.2 Å². The van der Waals surface area contributed by atoms with Gasteiger partial charge in [-0.1, -0.05) is 30.3 Å². The molecule has 2 rings (SSSR count). The first-order chi connectivity index (χ1) is 10.1. The van der Waals surface area contributed by atoms with Gasteiger partial charge in [0.15, 0.2) is 11.5 Å². The zero-order valence-electron chi connectivity index (χ0n) is 12.3. The van der Waals surface area contributed by atoms with Crippen LogP contribution in [0.3, 0.4) is 0 Å². The molecule has 0 aliphatic rings. The van der Waals surface area contributed by atoms with Crippen molar-refractivity contribution in [1.29, 1.82) is 0 Å². The number of para-hydroxylation sites is 2. The van der Waals surface area contributed by atoms with Crippen LogP contribution in [0.2, 0.25) is 0 Å². The van der Waals surface area contributed by atoms with Crippen LogP contribution in [0.4, 0.5) is 0 Å². The van der Waals surface area contributed by atoms with Crippen molar-refractivity contribution in [3.8, 4) is 17.2 Å². The summed E-state index contributed by atoms with van der Waals surface area (Å²) in [5.41, 5.74) is 1.82. The van der Waals surface area contributed by atoms with Gasteiger partial charge in [-0.05, 0) is 31.0 Å². The summed E-state index contributed by atoms with van der Waals surface area (Å²) >= 11 is 0. The molecule has 0 fully saturated rings. The van der Waals surface area contributed by atoms with E-state index in [0.29, 0.717) is 12.1 Å². The van der Waals surface area contributed by atoms with E-state index in [9.17, 15) is 10.2 Å². The first kappa shape index (κ1) is 15.2. The Morgan fingerprint density at radius 1 is 1.05 bits per heavy atom. The SMILES string of the molecule is COc1ccccc1CC(C)NCc1cccc(O)c1O. The summed E-state index contributed by atoms with van der Waals surface area (Å²) in [4.78, 5) is 0. The van der Waals surface area contributed by atoms with E-state index >= 15 is 0 Å². The molecule has 1 unspecified atom stereocenters. The first-order valence-corrected chi connectivity index (χ1v) is 6.97. The zero-order valence-corrected chi connectivity index (χ0v) is 12.3. The van der Waals surface area contributed by atoms with Crippen molar-refractivity contribution >= 4 is 0 Å². The van der Waals surface area contributed by atoms with Gasteiger partial charge in [0.2, 0.25) is 0 Å². The van der Waals surface area contributed by atoms with Crippen molar-refractivity contribution < 1.29 is 14.9 Å². The van der Waals surface area contributed by atoms with Crippen molar-refractivity contribution in [3.05, 3.63) is 53.6 Å². The number of aromatic hydroxyl groups is 2. The number of hydrogen-bond donors (Lipinski definition) is 3. The highest BCUT2D eigenvalue weighted by Crippen LogP contribution is 2.28. The molecule has 0 radical (unpaired) electrons. The van der Waals surface area contributed by atoms with Crippen molar-refractivity contribution in [3.63, 3.8) is 0 Å². The lowest BCUT2D eigenvalue weighted by Crippen LogP contribution is -2.27. The Kier molecular flexibility index (Phi) is 5.06. The van der Waals surface area contributed by atoms with E-state index in [4.69, 9.17) is 4.74 Å². The van der Waals surface area contributed by atoms with Gasteiger partial charge in [-0.2, -0.15) is 0 Å². The summed E-state index contributed by atoms with van der Waals surface area (Å²) in [6, 6.07) is 13.1. The Morgan fingerprint density at radius 2 is 1.76 bits per heavy atom. The molecule has 0 saturated heterocycles. The Labute approximate surface area is 125 Å². The maximum Gasteiger partial charge on any atom is 0.161 e. The van der Waals surface area contributed by atoms with E-state index in [1.165, 1.54) is 6.07 Å². The fraction of sp³-hybridized carbons (Fsp3) is 0.294. The molecule has 3 N–H and O–H groups in total. The third kappa shape index (κ3) is 3.89. The zero-order chi connectivity index (χ0) is 15.2. The van der Waals surface area contributed by atoms with Gasteiger partial charge in [0.05, 0.1) is 7.11 Å². The van der Waals surface area contributed by atoms with Crippen molar-refractivity contribution in [2.24, 2.45) is 0 Å². The largest absolute Gasteiger partial charge is 0.504 e. The molecule has 2 aromatic rings. The number of methoxy groups -OCH3 is 1. The van der Waals surface area contributed by atoms with Gasteiger partial charge in [-0.25, -0.2) is 0 Å². The molecule has 0 saturated carbocycles. The lowest BCUT2D eigenvalue weighted by atomic mass is 10.1. The molecule has 0 aromatic heterocycles. The molecule has 21 heavy (non-hydrogen) atoms. The van der Waals surface area contributed by atoms with Crippen molar-refractivity contribution in [1.82, 2.24) is 5.32 Å². The van der Waals surface area contributed by atoms with Crippen LogP contribution in [-0.4, -0.2) is 23.4 Å². The third-order valence-electron chi connectivity index (χ3n) is 3.46. The second kappa shape index (κ2) is 6.99. The predicted octanol–water partition coefficient (Wildman–Crippen LogP) is 2.83. The monoisotopic (exact) mass is 287 g/mol. The van der Waals surface area contributed by atoms with E-state index < -0.39 is 0 Å². The van der Waals surface area contributed by atoms with E-state index in [1.54, 1.807) is 19.2 Å². The van der Waals surface area contributed by atoms with Gasteiger partial charge in [0.25, 0.3) is 0 Å². The molecular weight excluding hydrogens is 266 g/mol. The van der Waals surface area contributed by atoms with Crippen molar-refractivity contribution in [2.45, 2.75) is 25.9 Å². The molecule has 1 atom stereocenters. The molecule has 4 nitrogen and oxygen atoms in total. The van der Waals surface area contributed by atoms with Crippen LogP contribution >= 0.6 is 0 Å². The van der Waals surface area contributed by atoms with Crippen LogP contribution in [0.15, 0.2) is 42.5 Å². The van der Waals surface area contributed by atoms with Crippen molar-refractivity contribution in [2.75, 3.05) is 7.11 Å².